The zero-order valence-corrected chi connectivity index (χ0v) is 17.4. The Morgan fingerprint density at radius 2 is 2.10 bits per heavy atom. The maximum atomic E-state index is 13.0. The van der Waals surface area contributed by atoms with Crippen LogP contribution in [0.5, 0.6) is 5.88 Å². The number of thiophene rings is 1. The SMILES string of the molecule is C[N+]1=NC(=c2ccc(=Cc3sc(=S)n(CCCC(=O)O)c3O)s2)C=C1C(F)(F)F. The van der Waals surface area contributed by atoms with E-state index in [1.807, 2.05) is 0 Å². The Hall–Kier alpha value is -2.31. The molecule has 0 atom stereocenters. The highest BCUT2D eigenvalue weighted by molar-refractivity contribution is 7.73. The van der Waals surface area contributed by atoms with Crippen molar-refractivity contribution in [3.63, 3.8) is 0 Å². The smallest absolute Gasteiger partial charge is 0.479 e. The predicted octanol–water partition coefficient (Wildman–Crippen LogP) is 3.40. The molecule has 12 heteroatoms. The van der Waals surface area contributed by atoms with Gasteiger partial charge in [-0.1, -0.05) is 4.70 Å². The first-order valence-electron chi connectivity index (χ1n) is 8.27. The Bertz CT molecular complexity index is 1200. The number of rotatable bonds is 5. The third kappa shape index (κ3) is 4.82. The van der Waals surface area contributed by atoms with E-state index in [2.05, 4.69) is 5.11 Å². The van der Waals surface area contributed by atoms with E-state index in [0.29, 0.717) is 24.3 Å². The molecule has 6 nitrogen and oxygen atoms in total. The quantitative estimate of drug-likeness (QED) is 0.528. The number of carboxylic acid groups (broad SMARTS) is 1. The number of aliphatic carboxylic acids is 1. The third-order valence-electron chi connectivity index (χ3n) is 3.99. The first-order valence-corrected chi connectivity index (χ1v) is 10.3. The van der Waals surface area contributed by atoms with E-state index in [-0.39, 0.29) is 24.5 Å². The summed E-state index contributed by atoms with van der Waals surface area (Å²) in [7, 11) is 1.24. The van der Waals surface area contributed by atoms with Gasteiger partial charge in [0.25, 0.3) is 0 Å². The van der Waals surface area contributed by atoms with Gasteiger partial charge in [0.15, 0.2) is 16.7 Å². The van der Waals surface area contributed by atoms with Crippen molar-refractivity contribution in [3.05, 3.63) is 41.8 Å². The van der Waals surface area contributed by atoms with Crippen molar-refractivity contribution < 1.29 is 32.9 Å². The second kappa shape index (κ2) is 8.20. The van der Waals surface area contributed by atoms with Gasteiger partial charge in [0.1, 0.15) is 0 Å². The fourth-order valence-electron chi connectivity index (χ4n) is 2.64. The van der Waals surface area contributed by atoms with Crippen LogP contribution in [0.15, 0.2) is 29.0 Å². The normalized spacial score (nSPS) is 16.9. The van der Waals surface area contributed by atoms with Gasteiger partial charge < -0.3 is 10.2 Å². The second-order valence-electron chi connectivity index (χ2n) is 6.09. The molecular weight excluding hydrogens is 447 g/mol. The van der Waals surface area contributed by atoms with E-state index < -0.39 is 17.8 Å². The number of aromatic nitrogens is 1. The van der Waals surface area contributed by atoms with Gasteiger partial charge in [-0.3, -0.25) is 9.36 Å². The molecule has 1 aliphatic rings. The van der Waals surface area contributed by atoms with Gasteiger partial charge in [-0.25, -0.2) is 0 Å². The molecule has 0 amide bonds. The van der Waals surface area contributed by atoms with Gasteiger partial charge in [0.05, 0.1) is 15.5 Å². The summed E-state index contributed by atoms with van der Waals surface area (Å²) in [5.74, 6) is -0.982. The number of aromatic hydroxyl groups is 1. The summed E-state index contributed by atoms with van der Waals surface area (Å²) in [5, 5.41) is 23.0. The third-order valence-corrected chi connectivity index (χ3v) is 6.43. The van der Waals surface area contributed by atoms with Gasteiger partial charge in [-0.05, 0) is 36.8 Å². The number of azo groups is 2. The Morgan fingerprint density at radius 1 is 1.38 bits per heavy atom. The van der Waals surface area contributed by atoms with E-state index in [9.17, 15) is 23.1 Å². The molecule has 3 heterocycles. The van der Waals surface area contributed by atoms with Crippen LogP contribution >= 0.6 is 34.9 Å². The lowest BCUT2D eigenvalue weighted by Crippen LogP contribution is -2.18. The first kappa shape index (κ1) is 21.4. The Labute approximate surface area is 175 Å². The van der Waals surface area contributed by atoms with Crippen LogP contribution in [0.2, 0.25) is 0 Å². The molecule has 1 aliphatic heterocycles. The van der Waals surface area contributed by atoms with Crippen LogP contribution in [-0.4, -0.2) is 38.7 Å². The molecule has 2 N–H and O–H groups in total. The van der Waals surface area contributed by atoms with Gasteiger partial charge in [-0.15, -0.1) is 22.7 Å². The molecule has 0 saturated carbocycles. The minimum absolute atomic E-state index is 0.0334. The van der Waals surface area contributed by atoms with Crippen molar-refractivity contribution in [2.75, 3.05) is 7.05 Å². The Kier molecular flexibility index (Phi) is 6.05. The lowest BCUT2D eigenvalue weighted by molar-refractivity contribution is -0.531. The summed E-state index contributed by atoms with van der Waals surface area (Å²) in [6.07, 6.45) is -1.50. The van der Waals surface area contributed by atoms with Crippen molar-refractivity contribution in [2.45, 2.75) is 25.6 Å². The minimum atomic E-state index is -4.48. The largest absolute Gasteiger partial charge is 0.493 e. The van der Waals surface area contributed by atoms with Crippen LogP contribution in [0.1, 0.15) is 17.7 Å². The molecule has 0 radical (unpaired) electrons. The Morgan fingerprint density at radius 3 is 2.72 bits per heavy atom. The first-order chi connectivity index (χ1) is 13.6. The number of nitrogens with zero attached hydrogens (tertiary/aromatic N) is 3. The molecule has 0 spiro atoms. The molecule has 0 unspecified atom stereocenters. The van der Waals surface area contributed by atoms with Crippen molar-refractivity contribution in [3.8, 4) is 5.88 Å². The summed E-state index contributed by atoms with van der Waals surface area (Å²) < 4.78 is 42.8. The summed E-state index contributed by atoms with van der Waals surface area (Å²) in [6, 6.07) is 3.39. The average molecular weight is 463 g/mol. The highest BCUT2D eigenvalue weighted by Crippen LogP contribution is 2.31. The van der Waals surface area contributed by atoms with Gasteiger partial charge in [0, 0.05) is 22.6 Å². The topological polar surface area (TPSA) is 77.8 Å². The van der Waals surface area contributed by atoms with Crippen molar-refractivity contribution in [1.82, 2.24) is 4.57 Å². The lowest BCUT2D eigenvalue weighted by atomic mass is 10.3. The highest BCUT2D eigenvalue weighted by Gasteiger charge is 2.45. The number of hydrogen-bond donors (Lipinski definition) is 2. The number of thiazole rings is 1. The fourth-order valence-corrected chi connectivity index (χ4v) is 4.94. The van der Waals surface area contributed by atoms with Crippen LogP contribution in [0.4, 0.5) is 13.2 Å². The molecule has 2 aromatic rings. The molecular formula is C17H15F3N3O3S3+. The summed E-state index contributed by atoms with van der Waals surface area (Å²) in [5.41, 5.74) is -0.618. The lowest BCUT2D eigenvalue weighted by Gasteiger charge is -2.02. The van der Waals surface area contributed by atoms with Gasteiger partial charge >= 0.3 is 17.8 Å². The summed E-state index contributed by atoms with van der Waals surface area (Å²) in [4.78, 5) is 11.1. The molecule has 0 aromatic carbocycles. The van der Waals surface area contributed by atoms with Crippen molar-refractivity contribution in [2.24, 2.45) is 5.11 Å². The number of carbonyl (C=O) groups is 1. The van der Waals surface area contributed by atoms with E-state index in [0.717, 1.165) is 10.8 Å². The van der Waals surface area contributed by atoms with Crippen molar-refractivity contribution >= 4 is 52.6 Å². The predicted molar refractivity (Wildman–Crippen MR) is 105 cm³/mol. The average Bonchev–Trinajstić information content (AvgIpc) is 3.28. The van der Waals surface area contributed by atoms with Crippen LogP contribution in [0.3, 0.4) is 0 Å². The second-order valence-corrected chi connectivity index (χ2v) is 8.88. The number of hydrogen-bond acceptors (Lipinski definition) is 6. The van der Waals surface area contributed by atoms with E-state index in [1.165, 1.54) is 34.3 Å². The molecule has 2 aromatic heterocycles. The number of halogens is 3. The van der Waals surface area contributed by atoms with Gasteiger partial charge in [-0.2, -0.15) is 13.2 Å². The van der Waals surface area contributed by atoms with Crippen molar-refractivity contribution in [1.29, 1.82) is 0 Å². The van der Waals surface area contributed by atoms with E-state index in [4.69, 9.17) is 17.3 Å². The maximum absolute atomic E-state index is 13.0. The van der Waals surface area contributed by atoms with E-state index in [1.54, 1.807) is 18.2 Å². The monoisotopic (exact) mass is 462 g/mol. The molecule has 0 saturated heterocycles. The number of alkyl halides is 3. The summed E-state index contributed by atoms with van der Waals surface area (Å²) in [6.45, 7) is 0.283. The molecule has 3 rings (SSSR count). The van der Waals surface area contributed by atoms with Crippen LogP contribution in [0, 0.1) is 3.95 Å². The minimum Gasteiger partial charge on any atom is -0.493 e. The van der Waals surface area contributed by atoms with E-state index >= 15 is 0 Å². The standard InChI is InChI=1S/C17H14F3N3O3S3/c1-22-13(17(18,19)20)8-10(21-22)11-5-4-9(28-11)7-12-15(26)23(16(27)29-12)6-2-3-14(24)25/h4-5,7-8H,2-3,6H2,1H3,(H,24,25)/p+1. The van der Waals surface area contributed by atoms with Crippen LogP contribution in [-0.2, 0) is 11.3 Å². The molecule has 0 aliphatic carbocycles. The maximum Gasteiger partial charge on any atom is 0.479 e. The molecule has 29 heavy (non-hydrogen) atoms. The van der Waals surface area contributed by atoms with Crippen LogP contribution < -0.4 is 9.06 Å². The highest BCUT2D eigenvalue weighted by atomic mass is 32.1. The van der Waals surface area contributed by atoms with Crippen LogP contribution in [0.25, 0.3) is 11.8 Å². The molecule has 0 bridgehead atoms. The molecule has 154 valence electrons. The number of allylic oxidation sites excluding steroid dienone is 1. The number of carboxylic acids is 1. The molecule has 0 fully saturated rings. The van der Waals surface area contributed by atoms with Gasteiger partial charge in [0.2, 0.25) is 5.88 Å². The zero-order chi connectivity index (χ0) is 21.3. The summed E-state index contributed by atoms with van der Waals surface area (Å²) >= 11 is 7.63. The Balaban J connectivity index is 1.93. The fraction of sp³-hybridized carbons (Fsp3) is 0.294. The zero-order valence-electron chi connectivity index (χ0n) is 14.9.